The summed E-state index contributed by atoms with van der Waals surface area (Å²) in [6.07, 6.45) is 0. The number of halogens is 1. The lowest BCUT2D eigenvalue weighted by Gasteiger charge is -2.08. The lowest BCUT2D eigenvalue weighted by molar-refractivity contribution is 0.102. The lowest BCUT2D eigenvalue weighted by Crippen LogP contribution is -2.11. The Kier molecular flexibility index (Phi) is 4.10. The van der Waals surface area contributed by atoms with Crippen molar-refractivity contribution in [3.8, 4) is 16.3 Å². The van der Waals surface area contributed by atoms with Gasteiger partial charge in [0.05, 0.1) is 15.8 Å². The van der Waals surface area contributed by atoms with E-state index in [0.29, 0.717) is 21.8 Å². The van der Waals surface area contributed by atoms with Crippen LogP contribution in [0.5, 0.6) is 5.75 Å². The summed E-state index contributed by atoms with van der Waals surface area (Å²) < 4.78 is 14.0. The molecule has 0 radical (unpaired) electrons. The minimum absolute atomic E-state index is 0.0287. The van der Waals surface area contributed by atoms with Crippen molar-refractivity contribution in [1.82, 2.24) is 4.98 Å². The van der Waals surface area contributed by atoms with E-state index >= 15 is 0 Å². The lowest BCUT2D eigenvalue weighted by atomic mass is 10.1. The quantitative estimate of drug-likeness (QED) is 0.534. The first kappa shape index (κ1) is 16.2. The molecule has 6 heteroatoms. The average molecular weight is 364 g/mol. The molecule has 4 rings (SSSR count). The number of hydrogen-bond donors (Lipinski definition) is 2. The number of para-hydroxylation sites is 1. The van der Waals surface area contributed by atoms with Gasteiger partial charge in [0.2, 0.25) is 0 Å². The summed E-state index contributed by atoms with van der Waals surface area (Å²) in [7, 11) is 0. The molecule has 4 nitrogen and oxygen atoms in total. The molecule has 128 valence electrons. The Hall–Kier alpha value is -3.25. The van der Waals surface area contributed by atoms with Gasteiger partial charge in [0, 0.05) is 17.3 Å². The van der Waals surface area contributed by atoms with Gasteiger partial charge in [0.1, 0.15) is 16.6 Å². The van der Waals surface area contributed by atoms with Gasteiger partial charge in [-0.1, -0.05) is 12.1 Å². The Bertz CT molecular complexity index is 1070. The highest BCUT2D eigenvalue weighted by atomic mass is 32.1. The molecule has 0 spiro atoms. The summed E-state index contributed by atoms with van der Waals surface area (Å²) in [5.74, 6) is -0.752. The number of nitrogens with zero attached hydrogens (tertiary/aromatic N) is 1. The molecule has 0 fully saturated rings. The van der Waals surface area contributed by atoms with E-state index in [1.165, 1.54) is 41.7 Å². The normalized spacial score (nSPS) is 10.8. The largest absolute Gasteiger partial charge is 0.507 e. The maximum Gasteiger partial charge on any atom is 0.255 e. The summed E-state index contributed by atoms with van der Waals surface area (Å²) in [6, 6.07) is 17.9. The Morgan fingerprint density at radius 2 is 1.81 bits per heavy atom. The van der Waals surface area contributed by atoms with Crippen LogP contribution in [0.25, 0.3) is 20.8 Å². The molecular formula is C20H13FN2O2S. The van der Waals surface area contributed by atoms with Gasteiger partial charge >= 0.3 is 0 Å². The standard InChI is InChI=1S/C20H13FN2O2S/c21-13-7-5-12(6-8-13)19(25)22-14-9-10-15(17(24)11-14)20-23-16-3-1-2-4-18(16)26-20/h1-11,24H,(H,22,25). The first-order chi connectivity index (χ1) is 12.6. The summed E-state index contributed by atoms with van der Waals surface area (Å²) >= 11 is 1.49. The van der Waals surface area contributed by atoms with Gasteiger partial charge in [-0.3, -0.25) is 4.79 Å². The molecule has 0 saturated heterocycles. The molecular weight excluding hydrogens is 351 g/mol. The third-order valence-electron chi connectivity index (χ3n) is 3.89. The number of phenols is 1. The monoisotopic (exact) mass is 364 g/mol. The second-order valence-corrected chi connectivity index (χ2v) is 6.71. The van der Waals surface area contributed by atoms with E-state index in [-0.39, 0.29) is 11.7 Å². The molecule has 0 aliphatic rings. The van der Waals surface area contributed by atoms with E-state index in [9.17, 15) is 14.3 Å². The van der Waals surface area contributed by atoms with Gasteiger partial charge in [-0.05, 0) is 48.5 Å². The number of aromatic hydroxyl groups is 1. The van der Waals surface area contributed by atoms with Gasteiger partial charge in [-0.15, -0.1) is 11.3 Å². The molecule has 0 atom stereocenters. The molecule has 4 aromatic rings. The third kappa shape index (κ3) is 3.14. The number of aromatic nitrogens is 1. The molecule has 1 amide bonds. The first-order valence-corrected chi connectivity index (χ1v) is 8.68. The molecule has 1 aromatic heterocycles. The Morgan fingerprint density at radius 3 is 2.54 bits per heavy atom. The van der Waals surface area contributed by atoms with Gasteiger partial charge in [0.25, 0.3) is 5.91 Å². The molecule has 0 unspecified atom stereocenters. The van der Waals surface area contributed by atoms with E-state index in [1.807, 2.05) is 24.3 Å². The second-order valence-electron chi connectivity index (χ2n) is 5.68. The Balaban J connectivity index is 1.59. The summed E-state index contributed by atoms with van der Waals surface area (Å²) in [6.45, 7) is 0. The summed E-state index contributed by atoms with van der Waals surface area (Å²) in [5.41, 5.74) is 2.26. The van der Waals surface area contributed by atoms with E-state index < -0.39 is 5.82 Å². The number of nitrogens with one attached hydrogen (secondary N) is 1. The minimum Gasteiger partial charge on any atom is -0.507 e. The molecule has 26 heavy (non-hydrogen) atoms. The summed E-state index contributed by atoms with van der Waals surface area (Å²) in [4.78, 5) is 16.7. The minimum atomic E-state index is -0.403. The highest BCUT2D eigenvalue weighted by molar-refractivity contribution is 7.21. The van der Waals surface area contributed by atoms with E-state index in [4.69, 9.17) is 0 Å². The maximum absolute atomic E-state index is 12.9. The number of rotatable bonds is 3. The predicted octanol–water partition coefficient (Wildman–Crippen LogP) is 5.06. The molecule has 0 saturated carbocycles. The fraction of sp³-hybridized carbons (Fsp3) is 0. The van der Waals surface area contributed by atoms with Crippen LogP contribution in [-0.2, 0) is 0 Å². The molecule has 0 aliphatic heterocycles. The van der Waals surface area contributed by atoms with Crippen molar-refractivity contribution in [1.29, 1.82) is 0 Å². The Morgan fingerprint density at radius 1 is 1.04 bits per heavy atom. The predicted molar refractivity (Wildman–Crippen MR) is 101 cm³/mol. The van der Waals surface area contributed by atoms with Crippen molar-refractivity contribution in [3.63, 3.8) is 0 Å². The number of phenolic OH excluding ortho intramolecular Hbond substituents is 1. The van der Waals surface area contributed by atoms with Crippen LogP contribution in [0.4, 0.5) is 10.1 Å². The molecule has 3 aromatic carbocycles. The molecule has 0 bridgehead atoms. The van der Waals surface area contributed by atoms with Crippen LogP contribution in [0.2, 0.25) is 0 Å². The number of thiazole rings is 1. The van der Waals surface area contributed by atoms with Crippen LogP contribution >= 0.6 is 11.3 Å². The van der Waals surface area contributed by atoms with Crippen molar-refractivity contribution in [2.45, 2.75) is 0 Å². The number of fused-ring (bicyclic) bond motifs is 1. The van der Waals surface area contributed by atoms with Gasteiger partial charge in [-0.25, -0.2) is 9.37 Å². The highest BCUT2D eigenvalue weighted by Gasteiger charge is 2.12. The van der Waals surface area contributed by atoms with Crippen molar-refractivity contribution in [2.75, 3.05) is 5.32 Å². The van der Waals surface area contributed by atoms with Crippen LogP contribution in [0.1, 0.15) is 10.4 Å². The van der Waals surface area contributed by atoms with Gasteiger partial charge < -0.3 is 10.4 Å². The van der Waals surface area contributed by atoms with Crippen LogP contribution < -0.4 is 5.32 Å². The molecule has 1 heterocycles. The fourth-order valence-corrected chi connectivity index (χ4v) is 3.58. The topological polar surface area (TPSA) is 62.2 Å². The van der Waals surface area contributed by atoms with Crippen molar-refractivity contribution in [3.05, 3.63) is 78.1 Å². The van der Waals surface area contributed by atoms with Crippen LogP contribution in [0.15, 0.2) is 66.7 Å². The second kappa shape index (κ2) is 6.57. The average Bonchev–Trinajstić information content (AvgIpc) is 3.06. The zero-order chi connectivity index (χ0) is 18.1. The van der Waals surface area contributed by atoms with Crippen molar-refractivity contribution >= 4 is 33.1 Å². The number of amides is 1. The van der Waals surface area contributed by atoms with Crippen LogP contribution in [0, 0.1) is 5.82 Å². The zero-order valence-electron chi connectivity index (χ0n) is 13.4. The van der Waals surface area contributed by atoms with Gasteiger partial charge in [-0.2, -0.15) is 0 Å². The highest BCUT2D eigenvalue weighted by Crippen LogP contribution is 2.36. The number of benzene rings is 3. The first-order valence-electron chi connectivity index (χ1n) is 7.86. The smallest absolute Gasteiger partial charge is 0.255 e. The number of hydrogen-bond acceptors (Lipinski definition) is 4. The summed E-state index contributed by atoms with van der Waals surface area (Å²) in [5, 5.41) is 13.7. The fourth-order valence-electron chi connectivity index (χ4n) is 2.58. The van der Waals surface area contributed by atoms with Crippen LogP contribution in [-0.4, -0.2) is 16.0 Å². The zero-order valence-corrected chi connectivity index (χ0v) is 14.3. The van der Waals surface area contributed by atoms with E-state index in [2.05, 4.69) is 10.3 Å². The van der Waals surface area contributed by atoms with Crippen molar-refractivity contribution in [2.24, 2.45) is 0 Å². The molecule has 2 N–H and O–H groups in total. The number of carbonyl (C=O) groups is 1. The van der Waals surface area contributed by atoms with E-state index in [0.717, 1.165) is 10.2 Å². The Labute approximate surface area is 152 Å². The maximum atomic E-state index is 12.9. The van der Waals surface area contributed by atoms with E-state index in [1.54, 1.807) is 12.1 Å². The molecule has 0 aliphatic carbocycles. The van der Waals surface area contributed by atoms with Crippen LogP contribution in [0.3, 0.4) is 0 Å². The van der Waals surface area contributed by atoms with Crippen molar-refractivity contribution < 1.29 is 14.3 Å². The number of anilines is 1. The SMILES string of the molecule is O=C(Nc1ccc(-c2nc3ccccc3s2)c(O)c1)c1ccc(F)cc1. The van der Waals surface area contributed by atoms with Gasteiger partial charge in [0.15, 0.2) is 0 Å². The number of carbonyl (C=O) groups excluding carboxylic acids is 1. The third-order valence-corrected chi connectivity index (χ3v) is 4.96.